The zero-order chi connectivity index (χ0) is 18.0. The SMILES string of the molecule is C[N+](C)=C/C=C(\Cl)c1ccc(C(F)(F)F)cc1.O=C(I)OO[O-]. The van der Waals surface area contributed by atoms with Crippen molar-refractivity contribution in [3.63, 3.8) is 0 Å². The Hall–Kier alpha value is -1.17. The lowest BCUT2D eigenvalue weighted by molar-refractivity contribution is -0.784. The van der Waals surface area contributed by atoms with Gasteiger partial charge in [0.1, 0.15) is 14.1 Å². The van der Waals surface area contributed by atoms with Crippen molar-refractivity contribution in [2.45, 2.75) is 6.18 Å². The van der Waals surface area contributed by atoms with Gasteiger partial charge in [-0.3, -0.25) is 4.89 Å². The van der Waals surface area contributed by atoms with Crippen LogP contribution in [0.15, 0.2) is 30.3 Å². The number of benzene rings is 1. The molecule has 0 spiro atoms. The van der Waals surface area contributed by atoms with E-state index in [1.54, 1.807) is 16.9 Å². The molecular weight excluding hydrogens is 453 g/mol. The molecule has 10 heteroatoms. The standard InChI is InChI=1S/C12H12ClF3N.CHIO4/c1-17(2)8-7-11(13)9-3-5-10(6-4-9)12(14,15)16;2-1(3)5-6-4/h3-8H,1-2H3;4H/q+1;/p-1/b11-7-;. The van der Waals surface area contributed by atoms with E-state index in [0.29, 0.717) is 10.6 Å². The van der Waals surface area contributed by atoms with E-state index in [1.807, 2.05) is 14.1 Å². The van der Waals surface area contributed by atoms with Crippen LogP contribution in [0.5, 0.6) is 0 Å². The second-order valence-corrected chi connectivity index (χ2v) is 5.38. The van der Waals surface area contributed by atoms with Crippen molar-refractivity contribution in [2.24, 2.45) is 0 Å². The minimum atomic E-state index is -4.31. The highest BCUT2D eigenvalue weighted by atomic mass is 127. The highest BCUT2D eigenvalue weighted by Crippen LogP contribution is 2.30. The monoisotopic (exact) mass is 465 g/mol. The average molecular weight is 466 g/mol. The highest BCUT2D eigenvalue weighted by molar-refractivity contribution is 14.1. The third-order valence-electron chi connectivity index (χ3n) is 2.11. The van der Waals surface area contributed by atoms with Crippen LogP contribution in [-0.4, -0.2) is 28.9 Å². The van der Waals surface area contributed by atoms with Crippen molar-refractivity contribution in [1.82, 2.24) is 0 Å². The van der Waals surface area contributed by atoms with E-state index in [2.05, 4.69) is 9.93 Å². The Balaban J connectivity index is 0.000000688. The van der Waals surface area contributed by atoms with E-state index in [0.717, 1.165) is 12.1 Å². The number of allylic oxidation sites excluding steroid dienone is 1. The van der Waals surface area contributed by atoms with Crippen LogP contribution in [0.1, 0.15) is 11.1 Å². The summed E-state index contributed by atoms with van der Waals surface area (Å²) in [5, 5.41) is 11.9. The third-order valence-corrected chi connectivity index (χ3v) is 2.63. The lowest BCUT2D eigenvalue weighted by atomic mass is 10.1. The maximum atomic E-state index is 12.3. The predicted molar refractivity (Wildman–Crippen MR) is 85.0 cm³/mol. The summed E-state index contributed by atoms with van der Waals surface area (Å²) in [5.41, 5.74) is -0.125. The van der Waals surface area contributed by atoms with Gasteiger partial charge in [-0.05, 0) is 17.7 Å². The fraction of sp³-hybridized carbons (Fsp3) is 0.231. The number of nitrogens with zero attached hydrogens (tertiary/aromatic N) is 1. The molecule has 5 nitrogen and oxygen atoms in total. The van der Waals surface area contributed by atoms with Gasteiger partial charge in [0.25, 0.3) is 0 Å². The summed E-state index contributed by atoms with van der Waals surface area (Å²) in [4.78, 5) is 12.8. The van der Waals surface area contributed by atoms with Gasteiger partial charge in [0, 0.05) is 6.08 Å². The number of carbonyl (C=O) groups is 1. The van der Waals surface area contributed by atoms with E-state index in [1.165, 1.54) is 34.7 Å². The predicted octanol–water partition coefficient (Wildman–Crippen LogP) is 3.39. The first-order chi connectivity index (χ1) is 10.6. The minimum absolute atomic E-state index is 0.396. The maximum absolute atomic E-state index is 12.3. The van der Waals surface area contributed by atoms with E-state index >= 15 is 0 Å². The van der Waals surface area contributed by atoms with Gasteiger partial charge < -0.3 is 5.26 Å². The van der Waals surface area contributed by atoms with Gasteiger partial charge in [-0.1, -0.05) is 23.7 Å². The van der Waals surface area contributed by atoms with Crippen LogP contribution in [0.2, 0.25) is 0 Å². The quantitative estimate of drug-likeness (QED) is 0.171. The van der Waals surface area contributed by atoms with Gasteiger partial charge in [0.2, 0.25) is 0 Å². The fourth-order valence-corrected chi connectivity index (χ4v) is 1.41. The Morgan fingerprint density at radius 2 is 1.83 bits per heavy atom. The van der Waals surface area contributed by atoms with Crippen LogP contribution in [0.4, 0.5) is 18.0 Å². The zero-order valence-electron chi connectivity index (χ0n) is 11.9. The van der Waals surface area contributed by atoms with Crippen LogP contribution in [0, 0.1) is 0 Å². The Kier molecular flexibility index (Phi) is 10.0. The molecular formula is C13H12ClF3INO4. The molecule has 0 atom stereocenters. The molecule has 0 N–H and O–H groups in total. The summed E-state index contributed by atoms with van der Waals surface area (Å²) in [6.45, 7) is 0. The molecule has 0 unspecified atom stereocenters. The summed E-state index contributed by atoms with van der Waals surface area (Å²) in [7, 11) is 3.65. The van der Waals surface area contributed by atoms with Crippen molar-refractivity contribution >= 4 is 49.4 Å². The minimum Gasteiger partial charge on any atom is -0.681 e. The molecule has 23 heavy (non-hydrogen) atoms. The number of rotatable bonds is 3. The summed E-state index contributed by atoms with van der Waals surface area (Å²) < 4.78 is 38.0. The van der Waals surface area contributed by atoms with E-state index in [4.69, 9.17) is 16.9 Å². The summed E-state index contributed by atoms with van der Waals surface area (Å²) >= 11 is 7.20. The van der Waals surface area contributed by atoms with Gasteiger partial charge in [0.05, 0.1) is 33.2 Å². The molecule has 0 amide bonds. The van der Waals surface area contributed by atoms with Gasteiger partial charge >= 0.3 is 10.2 Å². The van der Waals surface area contributed by atoms with Gasteiger partial charge in [0.15, 0.2) is 6.21 Å². The van der Waals surface area contributed by atoms with Crippen LogP contribution in [0.25, 0.3) is 5.03 Å². The van der Waals surface area contributed by atoms with Gasteiger partial charge in [-0.25, -0.2) is 14.4 Å². The van der Waals surface area contributed by atoms with Gasteiger partial charge in [-0.2, -0.15) is 13.2 Å². The van der Waals surface area contributed by atoms with Crippen LogP contribution in [-0.2, 0) is 16.1 Å². The number of carbonyl (C=O) groups excluding carboxylic acids is 1. The van der Waals surface area contributed by atoms with E-state index < -0.39 is 15.7 Å². The largest absolute Gasteiger partial charge is 0.681 e. The molecule has 1 aromatic rings. The molecule has 0 saturated carbocycles. The molecule has 0 aliphatic carbocycles. The number of alkyl halides is 3. The van der Waals surface area contributed by atoms with Crippen molar-refractivity contribution in [1.29, 1.82) is 0 Å². The topological polar surface area (TPSA) is 61.6 Å². The van der Waals surface area contributed by atoms with Crippen LogP contribution >= 0.6 is 34.2 Å². The Morgan fingerprint density at radius 1 is 1.30 bits per heavy atom. The van der Waals surface area contributed by atoms with Crippen LogP contribution < -0.4 is 5.26 Å². The summed E-state index contributed by atoms with van der Waals surface area (Å²) in [6, 6.07) is 4.73. The number of hydrogen-bond acceptors (Lipinski definition) is 4. The Labute approximate surface area is 149 Å². The van der Waals surface area contributed by atoms with E-state index in [9.17, 15) is 18.0 Å². The van der Waals surface area contributed by atoms with Crippen LogP contribution in [0.3, 0.4) is 0 Å². The maximum Gasteiger partial charge on any atom is 0.416 e. The molecule has 0 aromatic heterocycles. The number of hydrogen-bond donors (Lipinski definition) is 0. The molecule has 0 heterocycles. The third kappa shape index (κ3) is 10.3. The first kappa shape index (κ1) is 21.8. The molecule has 0 radical (unpaired) electrons. The first-order valence-electron chi connectivity index (χ1n) is 5.78. The molecule has 0 aliphatic heterocycles. The fourth-order valence-electron chi connectivity index (χ4n) is 1.16. The lowest BCUT2D eigenvalue weighted by Crippen LogP contribution is -2.06. The Morgan fingerprint density at radius 3 is 2.13 bits per heavy atom. The smallest absolute Gasteiger partial charge is 0.416 e. The Bertz CT molecular complexity index is 570. The zero-order valence-corrected chi connectivity index (χ0v) is 14.8. The van der Waals surface area contributed by atoms with Crippen molar-refractivity contribution in [2.75, 3.05) is 14.1 Å². The van der Waals surface area contributed by atoms with Gasteiger partial charge in [-0.15, -0.1) is 0 Å². The molecule has 128 valence electrons. The first-order valence-corrected chi connectivity index (χ1v) is 7.24. The molecule has 0 fully saturated rings. The van der Waals surface area contributed by atoms with E-state index in [-0.39, 0.29) is 0 Å². The molecule has 1 aromatic carbocycles. The lowest BCUT2D eigenvalue weighted by Gasteiger charge is -2.06. The normalized spacial score (nSPS) is 11.2. The highest BCUT2D eigenvalue weighted by Gasteiger charge is 2.29. The van der Waals surface area contributed by atoms with Crippen molar-refractivity contribution in [3.05, 3.63) is 41.5 Å². The second kappa shape index (κ2) is 10.6. The van der Waals surface area contributed by atoms with Crippen molar-refractivity contribution in [3.8, 4) is 0 Å². The second-order valence-electron chi connectivity index (χ2n) is 4.09. The summed E-state index contributed by atoms with van der Waals surface area (Å²) in [6.07, 6.45) is -0.964. The average Bonchev–Trinajstić information content (AvgIpc) is 2.44. The van der Waals surface area contributed by atoms with Crippen molar-refractivity contribution < 1.29 is 37.7 Å². The number of halogens is 5. The molecule has 1 rings (SSSR count). The summed E-state index contributed by atoms with van der Waals surface area (Å²) in [5.74, 6) is 0. The molecule has 0 aliphatic rings. The molecule has 0 saturated heterocycles. The molecule has 0 bridgehead atoms.